The fourth-order valence-electron chi connectivity index (χ4n) is 5.15. The number of hydrogen-bond donors (Lipinski definition) is 2. The maximum absolute atomic E-state index is 11.5. The van der Waals surface area contributed by atoms with Gasteiger partial charge in [-0.1, -0.05) is 45.4 Å². The van der Waals surface area contributed by atoms with Gasteiger partial charge in [-0.2, -0.15) is 0 Å². The highest BCUT2D eigenvalue weighted by Crippen LogP contribution is 2.49. The van der Waals surface area contributed by atoms with Crippen molar-refractivity contribution in [1.29, 1.82) is 0 Å². The number of unbranched alkanes of at least 4 members (excludes halogenated alkanes) is 1. The van der Waals surface area contributed by atoms with Crippen molar-refractivity contribution in [3.8, 4) is 0 Å². The molecule has 0 spiro atoms. The summed E-state index contributed by atoms with van der Waals surface area (Å²) < 4.78 is 0. The van der Waals surface area contributed by atoms with Crippen LogP contribution in [0.5, 0.6) is 0 Å². The first-order valence-electron chi connectivity index (χ1n) is 9.22. The Morgan fingerprint density at radius 1 is 1.19 bits per heavy atom. The van der Waals surface area contributed by atoms with Crippen LogP contribution in [0.4, 0.5) is 0 Å². The number of fused-ring (bicyclic) bond motifs is 1. The number of nitrogens with two attached hydrogens (primary N) is 1. The molecule has 0 radical (unpaired) electrons. The lowest BCUT2D eigenvalue weighted by Crippen LogP contribution is -2.55. The second-order valence-electron chi connectivity index (χ2n) is 7.67. The summed E-state index contributed by atoms with van der Waals surface area (Å²) in [6.45, 7) is 2.26. The third-order valence-electron chi connectivity index (χ3n) is 6.40. The van der Waals surface area contributed by atoms with Crippen LogP contribution in [0.25, 0.3) is 0 Å². The highest BCUT2D eigenvalue weighted by atomic mass is 16.3. The molecule has 3 heteroatoms. The first-order valence-corrected chi connectivity index (χ1v) is 9.22. The van der Waals surface area contributed by atoms with Gasteiger partial charge in [0.1, 0.15) is 11.4 Å². The van der Waals surface area contributed by atoms with Crippen molar-refractivity contribution in [1.82, 2.24) is 0 Å². The molecule has 0 bridgehead atoms. The van der Waals surface area contributed by atoms with E-state index < -0.39 is 5.60 Å². The number of hydrogen-bond acceptors (Lipinski definition) is 3. The highest BCUT2D eigenvalue weighted by Gasteiger charge is 2.55. The number of amidine groups is 1. The summed E-state index contributed by atoms with van der Waals surface area (Å²) in [7, 11) is 0. The Morgan fingerprint density at radius 2 is 1.95 bits per heavy atom. The topological polar surface area (TPSA) is 58.6 Å². The molecular formula is C18H32N2O. The molecule has 0 amide bonds. The lowest BCUT2D eigenvalue weighted by molar-refractivity contribution is -0.0380. The monoisotopic (exact) mass is 292 g/mol. The second-order valence-corrected chi connectivity index (χ2v) is 7.67. The van der Waals surface area contributed by atoms with Gasteiger partial charge in [0, 0.05) is 5.92 Å². The van der Waals surface area contributed by atoms with Crippen LogP contribution < -0.4 is 5.73 Å². The highest BCUT2D eigenvalue weighted by molar-refractivity contribution is 5.91. The first-order chi connectivity index (χ1) is 10.2. The SMILES string of the molecule is CCCCC1CCC2N=C(N)C(O)(C3CCCCC3)C2C1. The van der Waals surface area contributed by atoms with Gasteiger partial charge < -0.3 is 10.8 Å². The summed E-state index contributed by atoms with van der Waals surface area (Å²) in [5.41, 5.74) is 5.47. The number of nitrogens with zero attached hydrogens (tertiary/aromatic N) is 1. The van der Waals surface area contributed by atoms with Crippen LogP contribution in [0.15, 0.2) is 4.99 Å². The van der Waals surface area contributed by atoms with Crippen molar-refractivity contribution in [2.45, 2.75) is 89.2 Å². The molecule has 2 saturated carbocycles. The van der Waals surface area contributed by atoms with Gasteiger partial charge in [0.05, 0.1) is 6.04 Å². The minimum absolute atomic E-state index is 0.301. The zero-order chi connectivity index (χ0) is 14.9. The van der Waals surface area contributed by atoms with Crippen LogP contribution in [0.2, 0.25) is 0 Å². The summed E-state index contributed by atoms with van der Waals surface area (Å²) in [6.07, 6.45) is 13.5. The van der Waals surface area contributed by atoms with Crippen molar-refractivity contribution in [3.05, 3.63) is 0 Å². The summed E-state index contributed by atoms with van der Waals surface area (Å²) in [5.74, 6) is 2.01. The quantitative estimate of drug-likeness (QED) is 0.831. The summed E-state index contributed by atoms with van der Waals surface area (Å²) in [6, 6.07) is 0.301. The smallest absolute Gasteiger partial charge is 0.129 e. The van der Waals surface area contributed by atoms with Gasteiger partial charge >= 0.3 is 0 Å². The van der Waals surface area contributed by atoms with Gasteiger partial charge in [-0.25, -0.2) is 0 Å². The Hall–Kier alpha value is -0.570. The van der Waals surface area contributed by atoms with Gasteiger partial charge in [0.2, 0.25) is 0 Å². The Balaban J connectivity index is 1.74. The van der Waals surface area contributed by atoms with E-state index >= 15 is 0 Å². The minimum atomic E-state index is -0.782. The molecule has 0 saturated heterocycles. The van der Waals surface area contributed by atoms with Crippen LogP contribution in [-0.4, -0.2) is 22.6 Å². The standard InChI is InChI=1S/C18H32N2O/c1-2-3-7-13-10-11-16-15(12-13)18(21,17(19)20-16)14-8-5-4-6-9-14/h13-16,21H,2-12H2,1H3,(H2,19,20). The lowest BCUT2D eigenvalue weighted by Gasteiger charge is -2.44. The third-order valence-corrected chi connectivity index (χ3v) is 6.40. The molecule has 4 atom stereocenters. The third kappa shape index (κ3) is 2.74. The van der Waals surface area contributed by atoms with E-state index in [1.165, 1.54) is 44.9 Å². The van der Waals surface area contributed by atoms with Gasteiger partial charge in [0.15, 0.2) is 0 Å². The first kappa shape index (κ1) is 15.3. The van der Waals surface area contributed by atoms with Crippen LogP contribution in [0.3, 0.4) is 0 Å². The van der Waals surface area contributed by atoms with Gasteiger partial charge in [-0.15, -0.1) is 0 Å². The zero-order valence-corrected chi connectivity index (χ0v) is 13.6. The van der Waals surface area contributed by atoms with Crippen LogP contribution >= 0.6 is 0 Å². The van der Waals surface area contributed by atoms with Crippen molar-refractivity contribution < 1.29 is 5.11 Å². The van der Waals surface area contributed by atoms with E-state index in [1.807, 2.05) is 0 Å². The van der Waals surface area contributed by atoms with E-state index in [2.05, 4.69) is 6.92 Å². The average molecular weight is 292 g/mol. The molecule has 0 aromatic carbocycles. The molecule has 3 aliphatic rings. The molecule has 3 rings (SSSR count). The van der Waals surface area contributed by atoms with Crippen molar-refractivity contribution in [2.24, 2.45) is 28.5 Å². The van der Waals surface area contributed by atoms with Crippen LogP contribution in [0.1, 0.15) is 77.6 Å². The van der Waals surface area contributed by atoms with Gasteiger partial charge in [-0.3, -0.25) is 4.99 Å². The van der Waals surface area contributed by atoms with Gasteiger partial charge in [-0.05, 0) is 43.9 Å². The van der Waals surface area contributed by atoms with E-state index in [9.17, 15) is 5.11 Å². The molecule has 21 heavy (non-hydrogen) atoms. The summed E-state index contributed by atoms with van der Waals surface area (Å²) >= 11 is 0. The molecule has 3 N–H and O–H groups in total. The van der Waals surface area contributed by atoms with E-state index in [1.54, 1.807) is 0 Å². The fraction of sp³-hybridized carbons (Fsp3) is 0.944. The number of aliphatic imine (C=N–C) groups is 1. The predicted octanol–water partition coefficient (Wildman–Crippen LogP) is 3.64. The average Bonchev–Trinajstić information content (AvgIpc) is 2.78. The molecule has 2 fully saturated rings. The molecule has 0 aromatic heterocycles. The molecule has 3 nitrogen and oxygen atoms in total. The maximum atomic E-state index is 11.5. The molecule has 1 heterocycles. The largest absolute Gasteiger partial charge is 0.385 e. The predicted molar refractivity (Wildman–Crippen MR) is 87.3 cm³/mol. The Bertz CT molecular complexity index is 389. The van der Waals surface area contributed by atoms with E-state index in [0.717, 1.165) is 31.6 Å². The maximum Gasteiger partial charge on any atom is 0.129 e. The van der Waals surface area contributed by atoms with Crippen molar-refractivity contribution in [2.75, 3.05) is 0 Å². The van der Waals surface area contributed by atoms with Gasteiger partial charge in [0.25, 0.3) is 0 Å². The molecule has 2 aliphatic carbocycles. The molecule has 0 aromatic rings. The van der Waals surface area contributed by atoms with Crippen LogP contribution in [0, 0.1) is 17.8 Å². The Morgan fingerprint density at radius 3 is 2.67 bits per heavy atom. The Kier molecular flexibility index (Phi) is 4.58. The lowest BCUT2D eigenvalue weighted by atomic mass is 9.64. The summed E-state index contributed by atoms with van der Waals surface area (Å²) in [5, 5.41) is 11.5. The number of aliphatic hydroxyl groups is 1. The molecular weight excluding hydrogens is 260 g/mol. The molecule has 1 aliphatic heterocycles. The zero-order valence-electron chi connectivity index (χ0n) is 13.6. The molecule has 4 unspecified atom stereocenters. The van der Waals surface area contributed by atoms with Crippen molar-refractivity contribution in [3.63, 3.8) is 0 Å². The summed E-state index contributed by atoms with van der Waals surface area (Å²) in [4.78, 5) is 4.70. The van der Waals surface area contributed by atoms with E-state index in [4.69, 9.17) is 10.7 Å². The van der Waals surface area contributed by atoms with Crippen molar-refractivity contribution >= 4 is 5.84 Å². The normalized spacial score (nSPS) is 40.9. The minimum Gasteiger partial charge on any atom is -0.385 e. The van der Waals surface area contributed by atoms with E-state index in [0.29, 0.717) is 23.7 Å². The Labute approximate surface area is 129 Å². The van der Waals surface area contributed by atoms with E-state index in [-0.39, 0.29) is 0 Å². The fourth-order valence-corrected chi connectivity index (χ4v) is 5.15. The second kappa shape index (κ2) is 6.28. The molecule has 120 valence electrons. The van der Waals surface area contributed by atoms with Crippen LogP contribution in [-0.2, 0) is 0 Å². The number of rotatable bonds is 4.